The molecule has 0 aliphatic rings. The number of alkyl halides is 1. The van der Waals surface area contributed by atoms with E-state index in [-0.39, 0.29) is 0 Å². The highest BCUT2D eigenvalue weighted by Gasteiger charge is 2.09. The third-order valence-corrected chi connectivity index (χ3v) is 2.29. The lowest BCUT2D eigenvalue weighted by Gasteiger charge is -2.12. The Balaban J connectivity index is 3.88. The molecule has 0 saturated heterocycles. The first kappa shape index (κ1) is 12.7. The summed E-state index contributed by atoms with van der Waals surface area (Å²) in [5.74, 6) is 1.01. The van der Waals surface area contributed by atoms with Crippen molar-refractivity contribution in [3.63, 3.8) is 0 Å². The smallest absolute Gasteiger partial charge is 0.100 e. The van der Waals surface area contributed by atoms with E-state index in [9.17, 15) is 4.39 Å². The molecule has 0 nitrogen and oxygen atoms in total. The van der Waals surface area contributed by atoms with Gasteiger partial charge in [0.1, 0.15) is 6.17 Å². The summed E-state index contributed by atoms with van der Waals surface area (Å²) in [5, 5.41) is 0. The highest BCUT2D eigenvalue weighted by atomic mass is 19.1. The summed E-state index contributed by atoms with van der Waals surface area (Å²) >= 11 is 0. The first-order valence-corrected chi connectivity index (χ1v) is 5.42. The topological polar surface area (TPSA) is 0 Å². The van der Waals surface area contributed by atoms with Crippen LogP contribution in [-0.4, -0.2) is 6.17 Å². The van der Waals surface area contributed by atoms with Gasteiger partial charge in [-0.15, -0.1) is 0 Å². The largest absolute Gasteiger partial charge is 0.247 e. The summed E-state index contributed by atoms with van der Waals surface area (Å²) in [4.78, 5) is 0. The van der Waals surface area contributed by atoms with Crippen molar-refractivity contribution in [2.24, 2.45) is 11.8 Å². The SMILES string of the molecule is CCC(F)CC(/C=C\C(C)C)CC. The maximum Gasteiger partial charge on any atom is 0.100 e. The van der Waals surface area contributed by atoms with Crippen LogP contribution in [0.25, 0.3) is 0 Å². The molecule has 0 fully saturated rings. The molecule has 2 atom stereocenters. The van der Waals surface area contributed by atoms with Crippen LogP contribution in [0.3, 0.4) is 0 Å². The Kier molecular flexibility index (Phi) is 6.93. The van der Waals surface area contributed by atoms with E-state index in [2.05, 4.69) is 32.9 Å². The molecular formula is C12H23F. The van der Waals surface area contributed by atoms with E-state index in [0.717, 1.165) is 6.42 Å². The summed E-state index contributed by atoms with van der Waals surface area (Å²) in [7, 11) is 0. The maximum atomic E-state index is 13.1. The van der Waals surface area contributed by atoms with Crippen LogP contribution in [0.5, 0.6) is 0 Å². The van der Waals surface area contributed by atoms with Gasteiger partial charge in [-0.05, 0) is 31.1 Å². The highest BCUT2D eigenvalue weighted by molar-refractivity contribution is 4.90. The Morgan fingerprint density at radius 3 is 2.08 bits per heavy atom. The average molecular weight is 186 g/mol. The van der Waals surface area contributed by atoms with Crippen molar-refractivity contribution < 1.29 is 4.39 Å². The van der Waals surface area contributed by atoms with Crippen LogP contribution in [0, 0.1) is 11.8 Å². The third-order valence-electron chi connectivity index (χ3n) is 2.29. The van der Waals surface area contributed by atoms with Crippen LogP contribution in [-0.2, 0) is 0 Å². The van der Waals surface area contributed by atoms with Gasteiger partial charge in [0, 0.05) is 0 Å². The molecule has 0 aromatic rings. The van der Waals surface area contributed by atoms with Crippen molar-refractivity contribution in [2.75, 3.05) is 0 Å². The molecule has 0 heterocycles. The minimum absolute atomic E-state index is 0.428. The third kappa shape index (κ3) is 6.80. The van der Waals surface area contributed by atoms with E-state index in [1.165, 1.54) is 0 Å². The summed E-state index contributed by atoms with van der Waals surface area (Å²) in [6.07, 6.45) is 6.11. The Bertz CT molecular complexity index is 138. The van der Waals surface area contributed by atoms with Gasteiger partial charge >= 0.3 is 0 Å². The molecule has 2 unspecified atom stereocenters. The van der Waals surface area contributed by atoms with Crippen LogP contribution in [0.4, 0.5) is 4.39 Å². The van der Waals surface area contributed by atoms with Gasteiger partial charge in [0.05, 0.1) is 0 Å². The Morgan fingerprint density at radius 1 is 1.08 bits per heavy atom. The molecule has 0 amide bonds. The van der Waals surface area contributed by atoms with Gasteiger partial charge in [-0.1, -0.05) is 39.8 Å². The molecule has 0 N–H and O–H groups in total. The van der Waals surface area contributed by atoms with Gasteiger partial charge in [-0.2, -0.15) is 0 Å². The van der Waals surface area contributed by atoms with Crippen LogP contribution in [0.2, 0.25) is 0 Å². The fraction of sp³-hybridized carbons (Fsp3) is 0.833. The first-order valence-electron chi connectivity index (χ1n) is 5.42. The van der Waals surface area contributed by atoms with Crippen LogP contribution in [0.15, 0.2) is 12.2 Å². The Hall–Kier alpha value is -0.330. The molecule has 0 spiro atoms. The van der Waals surface area contributed by atoms with E-state index in [1.54, 1.807) is 0 Å². The fourth-order valence-corrected chi connectivity index (χ4v) is 1.26. The van der Waals surface area contributed by atoms with Crippen LogP contribution in [0.1, 0.15) is 47.0 Å². The van der Waals surface area contributed by atoms with Crippen molar-refractivity contribution in [2.45, 2.75) is 53.1 Å². The second-order valence-corrected chi connectivity index (χ2v) is 4.04. The second kappa shape index (κ2) is 7.11. The highest BCUT2D eigenvalue weighted by Crippen LogP contribution is 2.17. The molecule has 0 bridgehead atoms. The lowest BCUT2D eigenvalue weighted by atomic mass is 9.96. The molecule has 0 saturated carbocycles. The van der Waals surface area contributed by atoms with Crippen molar-refractivity contribution in [1.29, 1.82) is 0 Å². The lowest BCUT2D eigenvalue weighted by molar-refractivity contribution is 0.276. The molecule has 0 aromatic carbocycles. The molecule has 0 aliphatic carbocycles. The summed E-state index contributed by atoms with van der Waals surface area (Å²) < 4.78 is 13.1. The molecule has 13 heavy (non-hydrogen) atoms. The van der Waals surface area contributed by atoms with Gasteiger partial charge in [-0.3, -0.25) is 0 Å². The minimum Gasteiger partial charge on any atom is -0.247 e. The van der Waals surface area contributed by atoms with Crippen LogP contribution >= 0.6 is 0 Å². The molecule has 0 aromatic heterocycles. The fourth-order valence-electron chi connectivity index (χ4n) is 1.26. The summed E-state index contributed by atoms with van der Waals surface area (Å²) in [6, 6.07) is 0. The van der Waals surface area contributed by atoms with Gasteiger partial charge in [0.25, 0.3) is 0 Å². The quantitative estimate of drug-likeness (QED) is 0.540. The zero-order valence-corrected chi connectivity index (χ0v) is 9.39. The lowest BCUT2D eigenvalue weighted by Crippen LogP contribution is -2.06. The predicted molar refractivity (Wildman–Crippen MR) is 57.6 cm³/mol. The molecule has 0 rings (SSSR count). The van der Waals surface area contributed by atoms with Gasteiger partial charge in [0.15, 0.2) is 0 Å². The number of rotatable bonds is 6. The van der Waals surface area contributed by atoms with E-state index in [0.29, 0.717) is 24.7 Å². The number of hydrogen-bond acceptors (Lipinski definition) is 0. The molecule has 78 valence electrons. The van der Waals surface area contributed by atoms with Crippen molar-refractivity contribution >= 4 is 0 Å². The monoisotopic (exact) mass is 186 g/mol. The second-order valence-electron chi connectivity index (χ2n) is 4.04. The maximum absolute atomic E-state index is 13.1. The zero-order chi connectivity index (χ0) is 10.3. The Labute approximate surface area is 82.2 Å². The van der Waals surface area contributed by atoms with Crippen molar-refractivity contribution in [1.82, 2.24) is 0 Å². The average Bonchev–Trinajstić information content (AvgIpc) is 2.11. The van der Waals surface area contributed by atoms with Crippen molar-refractivity contribution in [3.8, 4) is 0 Å². The number of halogens is 1. The number of hydrogen-bond donors (Lipinski definition) is 0. The van der Waals surface area contributed by atoms with Gasteiger partial charge in [-0.25, -0.2) is 4.39 Å². The van der Waals surface area contributed by atoms with Crippen LogP contribution < -0.4 is 0 Å². The van der Waals surface area contributed by atoms with Gasteiger partial charge < -0.3 is 0 Å². The predicted octanol–water partition coefficient (Wildman–Crippen LogP) is 4.36. The molecule has 0 radical (unpaired) electrons. The molecule has 0 aliphatic heterocycles. The minimum atomic E-state index is -0.623. The van der Waals surface area contributed by atoms with E-state index in [4.69, 9.17) is 0 Å². The van der Waals surface area contributed by atoms with E-state index < -0.39 is 6.17 Å². The number of allylic oxidation sites excluding steroid dienone is 2. The normalized spacial score (nSPS) is 16.8. The van der Waals surface area contributed by atoms with Gasteiger partial charge in [0.2, 0.25) is 0 Å². The first-order chi connectivity index (χ1) is 6.10. The van der Waals surface area contributed by atoms with E-state index in [1.807, 2.05) is 6.92 Å². The zero-order valence-electron chi connectivity index (χ0n) is 9.39. The van der Waals surface area contributed by atoms with E-state index >= 15 is 0 Å². The Morgan fingerprint density at radius 2 is 1.69 bits per heavy atom. The summed E-state index contributed by atoms with van der Waals surface area (Å²) in [6.45, 7) is 8.33. The molecular weight excluding hydrogens is 163 g/mol. The standard InChI is InChI=1S/C12H23F/c1-5-11(8-7-10(3)4)9-12(13)6-2/h7-8,10-12H,5-6,9H2,1-4H3/b8-7-. The molecule has 1 heteroatoms. The van der Waals surface area contributed by atoms with Crippen molar-refractivity contribution in [3.05, 3.63) is 12.2 Å². The summed E-state index contributed by atoms with van der Waals surface area (Å²) in [5.41, 5.74) is 0.